The highest BCUT2D eigenvalue weighted by Gasteiger charge is 2.22. The number of aryl methyl sites for hydroxylation is 1. The van der Waals surface area contributed by atoms with Crippen LogP contribution in [0.5, 0.6) is 0 Å². The Labute approximate surface area is 152 Å². The lowest BCUT2D eigenvalue weighted by molar-refractivity contribution is 0.508. The molecule has 3 nitrogen and oxygen atoms in total. The maximum Gasteiger partial charge on any atom is 0.271 e. The Bertz CT molecular complexity index is 981. The zero-order valence-corrected chi connectivity index (χ0v) is 15.3. The number of rotatable bonds is 4. The fourth-order valence-corrected chi connectivity index (χ4v) is 4.04. The number of hydrogen-bond acceptors (Lipinski definition) is 3. The highest BCUT2D eigenvalue weighted by Crippen LogP contribution is 2.18. The first-order valence-corrected chi connectivity index (χ1v) is 10.1. The minimum atomic E-state index is -3.71. The zero-order chi connectivity index (χ0) is 17.7. The first-order chi connectivity index (χ1) is 12.1. The second-order valence-corrected chi connectivity index (χ2v) is 8.20. The summed E-state index contributed by atoms with van der Waals surface area (Å²) in [4.78, 5) is 0.244. The molecule has 2 aromatic carbocycles. The highest BCUT2D eigenvalue weighted by molar-refractivity contribution is 7.89. The van der Waals surface area contributed by atoms with Crippen LogP contribution in [-0.4, -0.2) is 12.7 Å². The van der Waals surface area contributed by atoms with Gasteiger partial charge in [0.1, 0.15) is 0 Å². The maximum atomic E-state index is 13.0. The fourth-order valence-electron chi connectivity index (χ4n) is 2.23. The van der Waals surface area contributed by atoms with Gasteiger partial charge in [-0.15, -0.1) is 0 Å². The summed E-state index contributed by atoms with van der Waals surface area (Å²) in [6, 6.07) is 21.0. The van der Waals surface area contributed by atoms with Gasteiger partial charge in [0.25, 0.3) is 10.0 Å². The van der Waals surface area contributed by atoms with Crippen LogP contribution < -0.4 is 0 Å². The number of hydrogen-bond donors (Lipinski definition) is 0. The van der Waals surface area contributed by atoms with Crippen LogP contribution in [0.15, 0.2) is 76.3 Å². The summed E-state index contributed by atoms with van der Waals surface area (Å²) in [6.07, 6.45) is 0. The van der Waals surface area contributed by atoms with Gasteiger partial charge in [-0.05, 0) is 42.0 Å². The molecule has 1 aromatic heterocycles. The molecule has 0 atom stereocenters. The second kappa shape index (κ2) is 7.56. The quantitative estimate of drug-likeness (QED) is 0.510. The van der Waals surface area contributed by atoms with Crippen molar-refractivity contribution in [2.45, 2.75) is 18.4 Å². The monoisotopic (exact) mass is 367 g/mol. The molecule has 0 aliphatic rings. The van der Waals surface area contributed by atoms with Gasteiger partial charge in [-0.25, -0.2) is 12.7 Å². The Morgan fingerprint density at radius 2 is 1.72 bits per heavy atom. The molecule has 0 aliphatic carbocycles. The Balaban J connectivity index is 1.98. The summed E-state index contributed by atoms with van der Waals surface area (Å²) >= 11 is 1.53. The van der Waals surface area contributed by atoms with Crippen LogP contribution in [0.3, 0.4) is 0 Å². The lowest BCUT2D eigenvalue weighted by atomic mass is 10.2. The molecule has 0 amide bonds. The van der Waals surface area contributed by atoms with Crippen molar-refractivity contribution in [2.24, 2.45) is 0 Å². The molecule has 0 saturated heterocycles. The van der Waals surface area contributed by atoms with Gasteiger partial charge in [-0.3, -0.25) is 0 Å². The van der Waals surface area contributed by atoms with Gasteiger partial charge < -0.3 is 0 Å². The largest absolute Gasteiger partial charge is 0.271 e. The van der Waals surface area contributed by atoms with Crippen molar-refractivity contribution in [2.75, 3.05) is 0 Å². The number of benzene rings is 2. The fraction of sp³-hybridized carbons (Fsp3) is 0.100. The molecule has 3 aromatic rings. The molecule has 0 aliphatic heterocycles. The topological polar surface area (TPSA) is 37.4 Å². The number of sulfonamides is 1. The van der Waals surface area contributed by atoms with E-state index < -0.39 is 10.0 Å². The summed E-state index contributed by atoms with van der Waals surface area (Å²) in [6.45, 7) is 2.13. The molecule has 0 bridgehead atoms. The Kier molecular flexibility index (Phi) is 5.22. The van der Waals surface area contributed by atoms with E-state index in [1.807, 2.05) is 54.1 Å². The summed E-state index contributed by atoms with van der Waals surface area (Å²) in [5.41, 5.74) is 2.71. The van der Waals surface area contributed by atoms with Crippen molar-refractivity contribution in [3.05, 3.63) is 88.1 Å². The molecule has 1 heterocycles. The highest BCUT2D eigenvalue weighted by atomic mass is 32.2. The van der Waals surface area contributed by atoms with Gasteiger partial charge in [0, 0.05) is 17.0 Å². The van der Waals surface area contributed by atoms with E-state index in [1.165, 1.54) is 15.6 Å². The van der Waals surface area contributed by atoms with Crippen molar-refractivity contribution in [3.63, 3.8) is 0 Å². The number of thiophene rings is 1. The van der Waals surface area contributed by atoms with Crippen LogP contribution in [0.4, 0.5) is 0 Å². The third-order valence-corrected chi connectivity index (χ3v) is 5.98. The molecular formula is C20H17NO2S2. The molecule has 3 rings (SSSR count). The van der Waals surface area contributed by atoms with Crippen LogP contribution in [0.25, 0.3) is 0 Å². The molecule has 0 fully saturated rings. The van der Waals surface area contributed by atoms with E-state index in [4.69, 9.17) is 0 Å². The molecule has 0 unspecified atom stereocenters. The zero-order valence-electron chi connectivity index (χ0n) is 13.7. The first-order valence-electron chi connectivity index (χ1n) is 7.73. The maximum absolute atomic E-state index is 13.0. The van der Waals surface area contributed by atoms with Gasteiger partial charge in [0.05, 0.1) is 11.4 Å². The summed E-state index contributed by atoms with van der Waals surface area (Å²) in [7, 11) is -3.71. The van der Waals surface area contributed by atoms with Crippen molar-refractivity contribution in [1.82, 2.24) is 4.31 Å². The van der Waals surface area contributed by atoms with E-state index in [9.17, 15) is 8.42 Å². The molecule has 0 saturated carbocycles. The van der Waals surface area contributed by atoms with Crippen LogP contribution in [0, 0.1) is 18.9 Å². The number of nitrogens with zero attached hydrogens (tertiary/aromatic N) is 1. The first kappa shape index (κ1) is 17.3. The van der Waals surface area contributed by atoms with Gasteiger partial charge >= 0.3 is 0 Å². The predicted molar refractivity (Wildman–Crippen MR) is 102 cm³/mol. The van der Waals surface area contributed by atoms with E-state index in [0.29, 0.717) is 0 Å². The van der Waals surface area contributed by atoms with Crippen LogP contribution in [-0.2, 0) is 16.6 Å². The van der Waals surface area contributed by atoms with Gasteiger partial charge in [0.2, 0.25) is 0 Å². The third kappa shape index (κ3) is 4.30. The molecular weight excluding hydrogens is 350 g/mol. The SMILES string of the molecule is Cc1ccc(S(=O)(=O)N(C#Cc2ccsc2)Cc2ccccc2)cc1. The average Bonchev–Trinajstić information content (AvgIpc) is 3.13. The van der Waals surface area contributed by atoms with E-state index >= 15 is 0 Å². The van der Waals surface area contributed by atoms with Crippen LogP contribution in [0.1, 0.15) is 16.7 Å². The van der Waals surface area contributed by atoms with Crippen LogP contribution >= 0.6 is 11.3 Å². The van der Waals surface area contributed by atoms with Crippen molar-refractivity contribution < 1.29 is 8.42 Å². The molecule has 0 N–H and O–H groups in total. The van der Waals surface area contributed by atoms with Crippen LogP contribution in [0.2, 0.25) is 0 Å². The predicted octanol–water partition coefficient (Wildman–Crippen LogP) is 4.26. The van der Waals surface area contributed by atoms with Crippen molar-refractivity contribution in [3.8, 4) is 12.0 Å². The normalized spacial score (nSPS) is 10.8. The van der Waals surface area contributed by atoms with Gasteiger partial charge in [-0.1, -0.05) is 48.0 Å². The minimum absolute atomic E-state index is 0.203. The lowest BCUT2D eigenvalue weighted by Gasteiger charge is -2.18. The standard InChI is InChI=1S/C20H17NO2S2/c1-17-7-9-20(10-8-17)25(22,23)21(13-11-19-12-14-24-16-19)15-18-5-3-2-4-6-18/h2-10,12,14,16H,15H2,1H3. The molecule has 25 heavy (non-hydrogen) atoms. The Morgan fingerprint density at radius 3 is 2.36 bits per heavy atom. The van der Waals surface area contributed by atoms with Crippen molar-refractivity contribution >= 4 is 21.4 Å². The smallest absolute Gasteiger partial charge is 0.220 e. The summed E-state index contributed by atoms with van der Waals surface area (Å²) in [5.74, 6) is 2.94. The lowest BCUT2D eigenvalue weighted by Crippen LogP contribution is -2.26. The molecule has 126 valence electrons. The van der Waals surface area contributed by atoms with E-state index in [0.717, 1.165) is 16.7 Å². The Hall–Kier alpha value is -2.55. The third-order valence-electron chi connectivity index (χ3n) is 3.62. The minimum Gasteiger partial charge on any atom is -0.220 e. The molecule has 5 heteroatoms. The molecule has 0 spiro atoms. The van der Waals surface area contributed by atoms with Gasteiger partial charge in [0.15, 0.2) is 0 Å². The summed E-state index contributed by atoms with van der Waals surface area (Å²) < 4.78 is 27.3. The van der Waals surface area contributed by atoms with E-state index in [1.54, 1.807) is 24.3 Å². The van der Waals surface area contributed by atoms with E-state index in [-0.39, 0.29) is 11.4 Å². The average molecular weight is 367 g/mol. The van der Waals surface area contributed by atoms with E-state index in [2.05, 4.69) is 12.0 Å². The van der Waals surface area contributed by atoms with Crippen molar-refractivity contribution in [1.29, 1.82) is 0 Å². The van der Waals surface area contributed by atoms with Gasteiger partial charge in [-0.2, -0.15) is 11.3 Å². The second-order valence-electron chi connectivity index (χ2n) is 5.56. The molecule has 0 radical (unpaired) electrons. The summed E-state index contributed by atoms with van der Waals surface area (Å²) in [5, 5.41) is 3.81. The Morgan fingerprint density at radius 1 is 1.00 bits per heavy atom.